The van der Waals surface area contributed by atoms with E-state index in [1.807, 2.05) is 0 Å². The Kier molecular flexibility index (Phi) is 4.37. The van der Waals surface area contributed by atoms with Crippen molar-refractivity contribution >= 4 is 12.6 Å². The second-order valence-corrected chi connectivity index (χ2v) is 8.33. The van der Waals surface area contributed by atoms with Gasteiger partial charge in [0.2, 0.25) is 0 Å². The van der Waals surface area contributed by atoms with Crippen LogP contribution >= 0.6 is 0 Å². The molecule has 0 N–H and O–H groups in total. The molecule has 0 saturated carbocycles. The minimum atomic E-state index is -0.278. The average Bonchev–Trinajstić information content (AvgIpc) is 3.03. The molecule has 1 aromatic carbocycles. The van der Waals surface area contributed by atoms with Crippen molar-refractivity contribution in [2.75, 3.05) is 13.1 Å². The molecule has 0 aromatic heterocycles. The first-order valence-corrected chi connectivity index (χ1v) is 8.89. The smallest absolute Gasteiger partial charge is 0.399 e. The van der Waals surface area contributed by atoms with Crippen molar-refractivity contribution in [1.82, 2.24) is 4.90 Å². The van der Waals surface area contributed by atoms with Gasteiger partial charge in [-0.15, -0.1) is 0 Å². The van der Waals surface area contributed by atoms with E-state index in [-0.39, 0.29) is 18.3 Å². The first-order chi connectivity index (χ1) is 10.7. The zero-order valence-corrected chi connectivity index (χ0v) is 15.4. The predicted molar refractivity (Wildman–Crippen MR) is 96.2 cm³/mol. The van der Waals surface area contributed by atoms with Crippen molar-refractivity contribution in [3.05, 3.63) is 29.8 Å². The van der Waals surface area contributed by atoms with Crippen LogP contribution in [-0.4, -0.2) is 42.4 Å². The summed E-state index contributed by atoms with van der Waals surface area (Å²) in [5.41, 5.74) is 2.00. The summed E-state index contributed by atoms with van der Waals surface area (Å²) in [6.07, 6.45) is 1.26. The van der Waals surface area contributed by atoms with E-state index in [1.165, 1.54) is 25.1 Å². The Labute approximate surface area is 141 Å². The van der Waals surface area contributed by atoms with E-state index in [0.717, 1.165) is 5.46 Å². The molecule has 2 aliphatic heterocycles. The third-order valence-electron chi connectivity index (χ3n) is 5.88. The van der Waals surface area contributed by atoms with E-state index in [2.05, 4.69) is 70.7 Å². The summed E-state index contributed by atoms with van der Waals surface area (Å²) in [7, 11) is -0.259. The Morgan fingerprint density at radius 1 is 1.04 bits per heavy atom. The summed E-state index contributed by atoms with van der Waals surface area (Å²) < 4.78 is 12.3. The Bertz CT molecular complexity index is 537. The van der Waals surface area contributed by atoms with Gasteiger partial charge in [-0.1, -0.05) is 24.3 Å². The van der Waals surface area contributed by atoms with Gasteiger partial charge in [0.1, 0.15) is 0 Å². The number of hydrogen-bond donors (Lipinski definition) is 0. The summed E-state index contributed by atoms with van der Waals surface area (Å²) >= 11 is 0. The predicted octanol–water partition coefficient (Wildman–Crippen LogP) is 3.18. The van der Waals surface area contributed by atoms with Gasteiger partial charge in [0, 0.05) is 12.6 Å². The maximum Gasteiger partial charge on any atom is 0.494 e. The van der Waals surface area contributed by atoms with Crippen LogP contribution < -0.4 is 5.46 Å². The third-order valence-corrected chi connectivity index (χ3v) is 5.88. The SMILES string of the molecule is CC(C)N1CCC(c2ccc(B3OC(C)(C)C(C)(C)O3)cc2)C1. The van der Waals surface area contributed by atoms with Gasteiger partial charge < -0.3 is 14.2 Å². The standard InChI is InChI=1S/C19H30BNO2/c1-14(2)21-12-11-16(13-21)15-7-9-17(10-8-15)20-22-18(3,4)19(5,6)23-20/h7-10,14,16H,11-13H2,1-6H3. The molecule has 0 amide bonds. The number of nitrogens with zero attached hydrogens (tertiary/aromatic N) is 1. The van der Waals surface area contributed by atoms with Crippen LogP contribution in [0.15, 0.2) is 24.3 Å². The van der Waals surface area contributed by atoms with Crippen molar-refractivity contribution in [2.45, 2.75) is 71.1 Å². The monoisotopic (exact) mass is 315 g/mol. The van der Waals surface area contributed by atoms with Gasteiger partial charge in [0.05, 0.1) is 11.2 Å². The topological polar surface area (TPSA) is 21.7 Å². The minimum Gasteiger partial charge on any atom is -0.399 e. The van der Waals surface area contributed by atoms with Crippen molar-refractivity contribution in [3.8, 4) is 0 Å². The molecule has 0 spiro atoms. The minimum absolute atomic E-state index is 0.259. The Morgan fingerprint density at radius 2 is 1.61 bits per heavy atom. The molecule has 1 unspecified atom stereocenters. The maximum absolute atomic E-state index is 6.13. The lowest BCUT2D eigenvalue weighted by molar-refractivity contribution is 0.00578. The third kappa shape index (κ3) is 3.22. The van der Waals surface area contributed by atoms with Crippen LogP contribution in [-0.2, 0) is 9.31 Å². The van der Waals surface area contributed by atoms with Gasteiger partial charge in [-0.25, -0.2) is 0 Å². The van der Waals surface area contributed by atoms with Crippen LogP contribution in [0.25, 0.3) is 0 Å². The van der Waals surface area contributed by atoms with E-state index in [9.17, 15) is 0 Å². The highest BCUT2D eigenvalue weighted by Gasteiger charge is 2.51. The summed E-state index contributed by atoms with van der Waals surface area (Å²) in [5.74, 6) is 0.657. The Balaban J connectivity index is 1.69. The molecule has 126 valence electrons. The van der Waals surface area contributed by atoms with Crippen molar-refractivity contribution in [1.29, 1.82) is 0 Å². The number of likely N-dealkylation sites (tertiary alicyclic amines) is 1. The second kappa shape index (κ2) is 5.91. The fraction of sp³-hybridized carbons (Fsp3) is 0.684. The highest BCUT2D eigenvalue weighted by atomic mass is 16.7. The Hall–Kier alpha value is -0.835. The lowest BCUT2D eigenvalue weighted by Crippen LogP contribution is -2.41. The fourth-order valence-electron chi connectivity index (χ4n) is 3.43. The van der Waals surface area contributed by atoms with E-state index in [0.29, 0.717) is 12.0 Å². The van der Waals surface area contributed by atoms with E-state index in [4.69, 9.17) is 9.31 Å². The lowest BCUT2D eigenvalue weighted by Gasteiger charge is -2.32. The maximum atomic E-state index is 6.13. The molecular weight excluding hydrogens is 285 g/mol. The zero-order valence-electron chi connectivity index (χ0n) is 15.4. The average molecular weight is 315 g/mol. The molecule has 3 nitrogen and oxygen atoms in total. The second-order valence-electron chi connectivity index (χ2n) is 8.33. The molecule has 0 aliphatic carbocycles. The van der Waals surface area contributed by atoms with Crippen LogP contribution in [0.3, 0.4) is 0 Å². The molecular formula is C19H30BNO2. The normalized spacial score (nSPS) is 27.1. The van der Waals surface area contributed by atoms with E-state index >= 15 is 0 Å². The number of hydrogen-bond acceptors (Lipinski definition) is 3. The highest BCUT2D eigenvalue weighted by molar-refractivity contribution is 6.62. The molecule has 1 atom stereocenters. The largest absolute Gasteiger partial charge is 0.494 e. The summed E-state index contributed by atoms with van der Waals surface area (Å²) in [6.45, 7) is 15.3. The number of rotatable bonds is 3. The van der Waals surface area contributed by atoms with Crippen LogP contribution in [0.4, 0.5) is 0 Å². The van der Waals surface area contributed by atoms with Crippen LogP contribution in [0.5, 0.6) is 0 Å². The van der Waals surface area contributed by atoms with Crippen molar-refractivity contribution in [2.24, 2.45) is 0 Å². The fourth-order valence-corrected chi connectivity index (χ4v) is 3.43. The van der Waals surface area contributed by atoms with Crippen LogP contribution in [0, 0.1) is 0 Å². The molecule has 3 rings (SSSR count). The van der Waals surface area contributed by atoms with Crippen molar-refractivity contribution < 1.29 is 9.31 Å². The summed E-state index contributed by atoms with van der Waals surface area (Å²) in [4.78, 5) is 2.56. The molecule has 2 saturated heterocycles. The van der Waals surface area contributed by atoms with Gasteiger partial charge in [-0.3, -0.25) is 0 Å². The van der Waals surface area contributed by atoms with Gasteiger partial charge in [0.25, 0.3) is 0 Å². The molecule has 2 fully saturated rings. The first-order valence-electron chi connectivity index (χ1n) is 8.89. The molecule has 2 aliphatic rings. The first kappa shape index (κ1) is 17.0. The molecule has 1 aromatic rings. The summed E-state index contributed by atoms with van der Waals surface area (Å²) in [6, 6.07) is 9.51. The van der Waals surface area contributed by atoms with E-state index in [1.54, 1.807) is 0 Å². The number of benzene rings is 1. The Morgan fingerprint density at radius 3 is 2.09 bits per heavy atom. The zero-order chi connectivity index (χ0) is 16.8. The molecule has 4 heteroatoms. The van der Waals surface area contributed by atoms with Crippen molar-refractivity contribution in [3.63, 3.8) is 0 Å². The van der Waals surface area contributed by atoms with Gasteiger partial charge in [-0.05, 0) is 71.5 Å². The van der Waals surface area contributed by atoms with E-state index < -0.39 is 0 Å². The molecule has 0 bridgehead atoms. The molecule has 0 radical (unpaired) electrons. The van der Waals surface area contributed by atoms with Gasteiger partial charge in [0.15, 0.2) is 0 Å². The van der Waals surface area contributed by atoms with Gasteiger partial charge in [-0.2, -0.15) is 0 Å². The highest BCUT2D eigenvalue weighted by Crippen LogP contribution is 2.36. The molecule has 23 heavy (non-hydrogen) atoms. The van der Waals surface area contributed by atoms with Crippen LogP contribution in [0.2, 0.25) is 0 Å². The van der Waals surface area contributed by atoms with Crippen LogP contribution in [0.1, 0.15) is 59.4 Å². The van der Waals surface area contributed by atoms with Gasteiger partial charge >= 0.3 is 7.12 Å². The molecule has 2 heterocycles. The lowest BCUT2D eigenvalue weighted by atomic mass is 9.78. The quantitative estimate of drug-likeness (QED) is 0.800. The summed E-state index contributed by atoms with van der Waals surface area (Å²) in [5, 5.41) is 0.